The van der Waals surface area contributed by atoms with E-state index in [4.69, 9.17) is 22.3 Å². The number of rotatable bonds is 15. The first-order valence-electron chi connectivity index (χ1n) is 27.9. The van der Waals surface area contributed by atoms with Gasteiger partial charge in [-0.3, -0.25) is 54.9 Å². The van der Waals surface area contributed by atoms with Gasteiger partial charge in [-0.1, -0.05) is 11.6 Å². The topological polar surface area (TPSA) is 225 Å². The Hall–Kier alpha value is -6.85. The molecular formula is C60H67ClF2N15NaO4. The largest absolute Gasteiger partial charge is 1.00 e. The summed E-state index contributed by atoms with van der Waals surface area (Å²) in [6, 6.07) is 19.8. The Morgan fingerprint density at radius 1 is 0.663 bits per heavy atom. The molecule has 0 radical (unpaired) electrons. The van der Waals surface area contributed by atoms with E-state index < -0.39 is 17.2 Å². The van der Waals surface area contributed by atoms with E-state index in [2.05, 4.69) is 79.0 Å². The molecule has 3 N–H and O–H groups in total. The molecule has 2 aliphatic heterocycles. The number of nitrogens with zero attached hydrogens (tertiary/aromatic N) is 13. The predicted molar refractivity (Wildman–Crippen MR) is 311 cm³/mol. The van der Waals surface area contributed by atoms with Crippen molar-refractivity contribution in [1.29, 1.82) is 5.53 Å². The number of anilines is 2. The quantitative estimate of drug-likeness (QED) is 0.0391. The number of fused-ring (bicyclic) bond motifs is 2. The van der Waals surface area contributed by atoms with Crippen LogP contribution in [0.4, 0.5) is 20.2 Å². The molecule has 8 aromatic rings. The van der Waals surface area contributed by atoms with E-state index in [-0.39, 0.29) is 80.5 Å². The summed E-state index contributed by atoms with van der Waals surface area (Å²) in [5.74, 6) is -1.60. The molecule has 428 valence electrons. The zero-order valence-corrected chi connectivity index (χ0v) is 50.2. The average Bonchev–Trinajstić information content (AvgIpc) is 4.46. The maximum atomic E-state index is 14.4. The molecule has 2 aliphatic carbocycles. The first kappa shape index (κ1) is 60.7. The summed E-state index contributed by atoms with van der Waals surface area (Å²) in [6.45, 7) is 13.8. The number of pyridine rings is 8. The third-order valence-electron chi connectivity index (χ3n) is 15.8. The van der Waals surface area contributed by atoms with Crippen LogP contribution in [0.1, 0.15) is 108 Å². The first-order chi connectivity index (χ1) is 39.6. The van der Waals surface area contributed by atoms with Crippen molar-refractivity contribution >= 4 is 45.0 Å². The van der Waals surface area contributed by atoms with Crippen LogP contribution in [0.3, 0.4) is 0 Å². The molecule has 12 rings (SSSR count). The van der Waals surface area contributed by atoms with Crippen molar-refractivity contribution in [2.24, 2.45) is 5.22 Å². The Bertz CT molecular complexity index is 3770. The van der Waals surface area contributed by atoms with Crippen LogP contribution in [0.25, 0.3) is 27.7 Å². The monoisotopic (exact) mass is 1160 g/mol. The van der Waals surface area contributed by atoms with Crippen molar-refractivity contribution in [2.45, 2.75) is 129 Å². The van der Waals surface area contributed by atoms with E-state index in [0.717, 1.165) is 129 Å². The van der Waals surface area contributed by atoms with Crippen molar-refractivity contribution in [3.63, 3.8) is 0 Å². The summed E-state index contributed by atoms with van der Waals surface area (Å²) in [5.41, 5.74) is 17.0. The maximum Gasteiger partial charge on any atom is 1.00 e. The van der Waals surface area contributed by atoms with E-state index in [0.29, 0.717) is 48.6 Å². The zero-order chi connectivity index (χ0) is 57.6. The molecule has 4 fully saturated rings. The van der Waals surface area contributed by atoms with Gasteiger partial charge in [-0.15, -0.1) is 0 Å². The Labute approximate surface area is 506 Å². The number of aryl methyl sites for hydroxylation is 4. The fraction of sp³-hybridized carbons (Fsp3) is 0.400. The van der Waals surface area contributed by atoms with Gasteiger partial charge < -0.3 is 34.7 Å². The molecule has 2 saturated heterocycles. The van der Waals surface area contributed by atoms with Crippen LogP contribution in [-0.2, 0) is 26.2 Å². The minimum absolute atomic E-state index is 0. The van der Waals surface area contributed by atoms with Crippen LogP contribution >= 0.6 is 11.6 Å². The van der Waals surface area contributed by atoms with Crippen molar-refractivity contribution < 1.29 is 43.5 Å². The fourth-order valence-corrected chi connectivity index (χ4v) is 11.5. The smallest absolute Gasteiger partial charge is 0.396 e. The second-order valence-electron chi connectivity index (χ2n) is 22.0. The number of halogens is 3. The minimum atomic E-state index is -0.933. The molecule has 0 aromatic carbocycles. The number of hydrogen-bond acceptors (Lipinski definition) is 15. The number of H-pyrrole nitrogens is 1. The van der Waals surface area contributed by atoms with E-state index in [9.17, 15) is 23.2 Å². The summed E-state index contributed by atoms with van der Waals surface area (Å²) in [4.78, 5) is 73.5. The summed E-state index contributed by atoms with van der Waals surface area (Å²) in [6.07, 6.45) is 19.4. The molecule has 2 saturated carbocycles. The average molecular weight is 1160 g/mol. The molecule has 4 aliphatic rings. The van der Waals surface area contributed by atoms with Gasteiger partial charge in [0.15, 0.2) is 27.6 Å². The molecule has 0 bridgehead atoms. The second-order valence-corrected chi connectivity index (χ2v) is 22.4. The Kier molecular flexibility index (Phi) is 19.9. The normalized spacial score (nSPS) is 16.9. The van der Waals surface area contributed by atoms with Crippen molar-refractivity contribution in [2.75, 3.05) is 36.0 Å². The molecule has 19 nitrogen and oxygen atoms in total. The van der Waals surface area contributed by atoms with Gasteiger partial charge in [-0.25, -0.2) is 13.8 Å². The Balaban J connectivity index is 0.000000185. The summed E-state index contributed by atoms with van der Waals surface area (Å²) in [5, 5.41) is 9.63. The Morgan fingerprint density at radius 3 is 1.61 bits per heavy atom. The van der Waals surface area contributed by atoms with Gasteiger partial charge in [0, 0.05) is 135 Å². The predicted octanol–water partition coefficient (Wildman–Crippen LogP) is 7.54. The summed E-state index contributed by atoms with van der Waals surface area (Å²) in [7, 11) is 0. The van der Waals surface area contributed by atoms with E-state index in [1.807, 2.05) is 104 Å². The van der Waals surface area contributed by atoms with Crippen LogP contribution in [0.2, 0.25) is 5.15 Å². The van der Waals surface area contributed by atoms with Crippen LogP contribution in [0.5, 0.6) is 0 Å². The third kappa shape index (κ3) is 14.9. The van der Waals surface area contributed by atoms with Crippen LogP contribution < -0.4 is 55.8 Å². The number of hydrogen-bond donors (Lipinski definition) is 3. The molecule has 10 heterocycles. The van der Waals surface area contributed by atoms with E-state index >= 15 is 0 Å². The maximum absolute atomic E-state index is 14.4. The minimum Gasteiger partial charge on any atom is -0.396 e. The molecule has 0 amide bonds. The number of aromatic nitrogens is 8. The van der Waals surface area contributed by atoms with Gasteiger partial charge >= 0.3 is 29.6 Å². The fourth-order valence-electron chi connectivity index (χ4n) is 11.3. The van der Waals surface area contributed by atoms with E-state index in [1.165, 1.54) is 6.07 Å². The number of nitrogens with one attached hydrogen (secondary N) is 2. The molecule has 2 atom stereocenters. The standard InChI is InChI=1S/C30H32ClFN6O.C30H33FN6O2.H2N3O.Na/c1-19-5-6-24(14-34-19)36-11-3-4-25(18-36)37(15-21-9-10-33-20(2)12-21)16-22-17-38(23-7-8-23)30-26(28(22)39)13-27(32)29(31)35-30;1-19-5-6-24(14-33-19)35-11-3-4-25(18-35)36(15-21-9-10-32-20(2)12-21)16-22-17-37(23-7-8-23)29-26(28(22)38)13-27(31)30(39)34-29;1-2-3-4;/h5-6,9-10,12-14,17,23,25H,3-4,7-8,11,15-16,18H2,1-2H3;5-6,9-10,12-14,17,23,25H,3-4,7-8,11,15-16,18H2,1-2H3,(H,34,39);(H2-,1,2,3,4);/q;;-1;+1/t2*25-;;/m00../s1. The Morgan fingerprint density at radius 2 is 1.14 bits per heavy atom. The number of aromatic amines is 1. The van der Waals surface area contributed by atoms with Gasteiger partial charge in [0.25, 0.3) is 5.56 Å². The van der Waals surface area contributed by atoms with Crippen molar-refractivity contribution in [3.05, 3.63) is 196 Å². The molecular weight excluding hydrogens is 1090 g/mol. The molecule has 83 heavy (non-hydrogen) atoms. The molecule has 8 aromatic heterocycles. The van der Waals surface area contributed by atoms with Gasteiger partial charge in [-0.05, 0) is 151 Å². The van der Waals surface area contributed by atoms with Gasteiger partial charge in [0.05, 0.1) is 34.5 Å². The zero-order valence-electron chi connectivity index (χ0n) is 47.5. The van der Waals surface area contributed by atoms with Gasteiger partial charge in [0.2, 0.25) is 0 Å². The molecule has 23 heteroatoms. The second kappa shape index (κ2) is 27.2. The number of piperidine rings is 2. The first-order valence-corrected chi connectivity index (χ1v) is 28.2. The summed E-state index contributed by atoms with van der Waals surface area (Å²) < 4.78 is 32.7. The molecule has 0 spiro atoms. The third-order valence-corrected chi connectivity index (χ3v) is 16.0. The van der Waals surface area contributed by atoms with Crippen LogP contribution in [0, 0.1) is 44.9 Å². The van der Waals surface area contributed by atoms with Crippen LogP contribution in [0.15, 0.2) is 117 Å². The van der Waals surface area contributed by atoms with Crippen LogP contribution in [-0.4, -0.2) is 92.3 Å². The SMILES string of the molecule is Cc1ccc(N2CCC[C@H](N(Cc3ccnc(C)c3)Cc3cn(C4CC4)c4[nH]c(=O)c(F)cc4c3=O)C2)cn1.Cc1ccc(N2CCC[C@H](N(Cc3ccnc(C)c3)Cc3cn(C4CC4)c4nc(Cl)c(F)cc4c3=O)C2)cn1.N=N[N-]O.[Na+]. The van der Waals surface area contributed by atoms with Gasteiger partial charge in [-0.2, -0.15) is 0 Å². The van der Waals surface area contributed by atoms with E-state index in [1.54, 1.807) is 0 Å². The summed E-state index contributed by atoms with van der Waals surface area (Å²) >= 11 is 6.01. The molecule has 0 unspecified atom stereocenters. The van der Waals surface area contributed by atoms with Crippen molar-refractivity contribution in [1.82, 2.24) is 48.8 Å². The van der Waals surface area contributed by atoms with Crippen molar-refractivity contribution in [3.8, 4) is 0 Å². The van der Waals surface area contributed by atoms with Gasteiger partial charge in [0.1, 0.15) is 11.3 Å².